The molecular weight excluding hydrogens is 188 g/mol. The highest BCUT2D eigenvalue weighted by Crippen LogP contribution is 2.35. The van der Waals surface area contributed by atoms with Gasteiger partial charge in [0.05, 0.1) is 5.60 Å². The lowest BCUT2D eigenvalue weighted by molar-refractivity contribution is -0.0798. The number of nitrogens with two attached hydrogens (primary N) is 1. The van der Waals surface area contributed by atoms with Gasteiger partial charge in [0.15, 0.2) is 0 Å². The molecule has 2 aliphatic rings. The Morgan fingerprint density at radius 3 is 2.80 bits per heavy atom. The first kappa shape index (κ1) is 11.4. The maximum atomic E-state index is 5.77. The lowest BCUT2D eigenvalue weighted by atomic mass is 9.77. The monoisotopic (exact) mass is 212 g/mol. The number of hydrogen-bond donors (Lipinski definition) is 1. The molecule has 0 aromatic rings. The fraction of sp³-hybridized carbons (Fsp3) is 1.00. The van der Waals surface area contributed by atoms with Crippen molar-refractivity contribution in [2.24, 2.45) is 11.7 Å². The summed E-state index contributed by atoms with van der Waals surface area (Å²) in [4.78, 5) is 2.61. The molecule has 3 heteroatoms. The lowest BCUT2D eigenvalue weighted by Gasteiger charge is -2.49. The first-order valence-corrected chi connectivity index (χ1v) is 6.18. The minimum absolute atomic E-state index is 0.0764. The molecule has 0 radical (unpaired) electrons. The van der Waals surface area contributed by atoms with Crippen LogP contribution in [-0.2, 0) is 4.74 Å². The summed E-state index contributed by atoms with van der Waals surface area (Å²) in [5.41, 5.74) is 5.85. The molecular formula is C12H24N2O. The highest BCUT2D eigenvalue weighted by atomic mass is 16.5. The second-order valence-corrected chi connectivity index (χ2v) is 5.37. The van der Waals surface area contributed by atoms with Crippen molar-refractivity contribution < 1.29 is 4.74 Å². The summed E-state index contributed by atoms with van der Waals surface area (Å²) < 4.78 is 5.62. The third-order valence-corrected chi connectivity index (χ3v) is 4.33. The molecule has 0 bridgehead atoms. The fourth-order valence-electron chi connectivity index (χ4n) is 3.00. The fourth-order valence-corrected chi connectivity index (χ4v) is 3.00. The SMILES string of the molecule is COC1(C)CCCN(C2CCC2CN)C1. The normalized spacial score (nSPS) is 42.6. The van der Waals surface area contributed by atoms with Crippen LogP contribution in [-0.4, -0.2) is 43.3 Å². The van der Waals surface area contributed by atoms with Gasteiger partial charge in [-0.15, -0.1) is 0 Å². The Labute approximate surface area is 93.0 Å². The number of methoxy groups -OCH3 is 1. The Morgan fingerprint density at radius 2 is 2.27 bits per heavy atom. The van der Waals surface area contributed by atoms with E-state index in [-0.39, 0.29) is 5.60 Å². The standard InChI is InChI=1S/C12H24N2O/c1-12(15-2)6-3-7-14(9-12)11-5-4-10(11)8-13/h10-11H,3-9,13H2,1-2H3. The first-order chi connectivity index (χ1) is 7.18. The molecule has 0 amide bonds. The van der Waals surface area contributed by atoms with Crippen LogP contribution >= 0.6 is 0 Å². The predicted octanol–water partition coefficient (Wildman–Crippen LogP) is 1.22. The average Bonchev–Trinajstić information content (AvgIpc) is 2.17. The zero-order valence-electron chi connectivity index (χ0n) is 10.0. The van der Waals surface area contributed by atoms with E-state index < -0.39 is 0 Å². The molecule has 2 N–H and O–H groups in total. The molecule has 0 spiro atoms. The van der Waals surface area contributed by atoms with Crippen LogP contribution in [0.15, 0.2) is 0 Å². The maximum Gasteiger partial charge on any atom is 0.0777 e. The van der Waals surface area contributed by atoms with Gasteiger partial charge in [-0.3, -0.25) is 4.90 Å². The molecule has 0 aromatic carbocycles. The van der Waals surface area contributed by atoms with Crippen molar-refractivity contribution in [2.75, 3.05) is 26.7 Å². The third kappa shape index (κ3) is 2.19. The number of hydrogen-bond acceptors (Lipinski definition) is 3. The number of rotatable bonds is 3. The van der Waals surface area contributed by atoms with Crippen molar-refractivity contribution in [3.63, 3.8) is 0 Å². The van der Waals surface area contributed by atoms with Gasteiger partial charge in [-0.25, -0.2) is 0 Å². The average molecular weight is 212 g/mol. The van der Waals surface area contributed by atoms with E-state index in [1.54, 1.807) is 0 Å². The zero-order chi connectivity index (χ0) is 10.9. The number of nitrogens with zero attached hydrogens (tertiary/aromatic N) is 1. The molecule has 1 aliphatic carbocycles. The van der Waals surface area contributed by atoms with E-state index in [0.717, 1.165) is 25.0 Å². The Kier molecular flexibility index (Phi) is 3.33. The van der Waals surface area contributed by atoms with Gasteiger partial charge < -0.3 is 10.5 Å². The van der Waals surface area contributed by atoms with Crippen molar-refractivity contribution in [2.45, 2.75) is 44.2 Å². The van der Waals surface area contributed by atoms with E-state index in [1.165, 1.54) is 32.2 Å². The van der Waals surface area contributed by atoms with Gasteiger partial charge in [-0.05, 0) is 51.6 Å². The molecule has 1 saturated carbocycles. The summed E-state index contributed by atoms with van der Waals surface area (Å²) in [6, 6.07) is 0.741. The summed E-state index contributed by atoms with van der Waals surface area (Å²) >= 11 is 0. The molecule has 3 atom stereocenters. The van der Waals surface area contributed by atoms with Crippen LogP contribution in [0.3, 0.4) is 0 Å². The van der Waals surface area contributed by atoms with Crippen LogP contribution in [0.1, 0.15) is 32.6 Å². The summed E-state index contributed by atoms with van der Waals surface area (Å²) in [5, 5.41) is 0. The van der Waals surface area contributed by atoms with E-state index in [4.69, 9.17) is 10.5 Å². The summed E-state index contributed by atoms with van der Waals surface area (Å²) in [7, 11) is 1.84. The Morgan fingerprint density at radius 1 is 1.47 bits per heavy atom. The van der Waals surface area contributed by atoms with E-state index in [1.807, 2.05) is 7.11 Å². The molecule has 1 heterocycles. The smallest absolute Gasteiger partial charge is 0.0777 e. The van der Waals surface area contributed by atoms with Gasteiger partial charge in [0.1, 0.15) is 0 Å². The molecule has 3 nitrogen and oxygen atoms in total. The predicted molar refractivity (Wildman–Crippen MR) is 61.8 cm³/mol. The molecule has 1 aliphatic heterocycles. The van der Waals surface area contributed by atoms with Gasteiger partial charge in [-0.1, -0.05) is 0 Å². The maximum absolute atomic E-state index is 5.77. The van der Waals surface area contributed by atoms with Crippen LogP contribution in [0.25, 0.3) is 0 Å². The highest BCUT2D eigenvalue weighted by Gasteiger charge is 2.40. The van der Waals surface area contributed by atoms with Gasteiger partial charge in [-0.2, -0.15) is 0 Å². The number of likely N-dealkylation sites (tertiary alicyclic amines) is 1. The largest absolute Gasteiger partial charge is 0.377 e. The van der Waals surface area contributed by atoms with Crippen LogP contribution in [0.2, 0.25) is 0 Å². The van der Waals surface area contributed by atoms with Crippen molar-refractivity contribution in [3.05, 3.63) is 0 Å². The van der Waals surface area contributed by atoms with Crippen LogP contribution in [0.4, 0.5) is 0 Å². The third-order valence-electron chi connectivity index (χ3n) is 4.33. The highest BCUT2D eigenvalue weighted by molar-refractivity contribution is 4.94. The lowest BCUT2D eigenvalue weighted by Crippen LogP contribution is -2.57. The molecule has 3 unspecified atom stereocenters. The Balaban J connectivity index is 1.93. The minimum Gasteiger partial charge on any atom is -0.377 e. The molecule has 88 valence electrons. The number of ether oxygens (including phenoxy) is 1. The molecule has 0 aromatic heterocycles. The van der Waals surface area contributed by atoms with Crippen LogP contribution < -0.4 is 5.73 Å². The van der Waals surface area contributed by atoms with Crippen molar-refractivity contribution >= 4 is 0 Å². The van der Waals surface area contributed by atoms with Crippen molar-refractivity contribution in [1.29, 1.82) is 0 Å². The summed E-state index contributed by atoms with van der Waals surface area (Å²) in [5.74, 6) is 0.740. The molecule has 15 heavy (non-hydrogen) atoms. The van der Waals surface area contributed by atoms with E-state index >= 15 is 0 Å². The van der Waals surface area contributed by atoms with Gasteiger partial charge in [0, 0.05) is 19.7 Å². The van der Waals surface area contributed by atoms with Gasteiger partial charge in [0.2, 0.25) is 0 Å². The number of piperidine rings is 1. The first-order valence-electron chi connectivity index (χ1n) is 6.18. The van der Waals surface area contributed by atoms with Crippen LogP contribution in [0.5, 0.6) is 0 Å². The van der Waals surface area contributed by atoms with Crippen LogP contribution in [0, 0.1) is 5.92 Å². The topological polar surface area (TPSA) is 38.5 Å². The second-order valence-electron chi connectivity index (χ2n) is 5.37. The van der Waals surface area contributed by atoms with E-state index in [0.29, 0.717) is 0 Å². The van der Waals surface area contributed by atoms with Gasteiger partial charge >= 0.3 is 0 Å². The molecule has 1 saturated heterocycles. The summed E-state index contributed by atoms with van der Waals surface area (Å²) in [6.45, 7) is 5.41. The molecule has 2 fully saturated rings. The van der Waals surface area contributed by atoms with Crippen molar-refractivity contribution in [1.82, 2.24) is 4.90 Å². The minimum atomic E-state index is 0.0764. The summed E-state index contributed by atoms with van der Waals surface area (Å²) in [6.07, 6.45) is 5.11. The Bertz CT molecular complexity index is 220. The van der Waals surface area contributed by atoms with E-state index in [2.05, 4.69) is 11.8 Å². The second kappa shape index (κ2) is 4.40. The van der Waals surface area contributed by atoms with Crippen molar-refractivity contribution in [3.8, 4) is 0 Å². The quantitative estimate of drug-likeness (QED) is 0.764. The molecule has 2 rings (SSSR count). The Hall–Kier alpha value is -0.120. The zero-order valence-corrected chi connectivity index (χ0v) is 10.0. The van der Waals surface area contributed by atoms with E-state index in [9.17, 15) is 0 Å². The van der Waals surface area contributed by atoms with Gasteiger partial charge in [0.25, 0.3) is 0 Å².